The molecule has 5 heteroatoms. The molecule has 0 bridgehead atoms. The third kappa shape index (κ3) is 5.51. The molecule has 0 fully saturated rings. The molecule has 102 valence electrons. The molecule has 0 atom stereocenters. The van der Waals surface area contributed by atoms with Crippen molar-refractivity contribution in [1.29, 1.82) is 0 Å². The lowest BCUT2D eigenvalue weighted by atomic mass is 10.2. The standard InChI is InChI=1S/C13H21NO3S/c1-4-18(15,16)17-13-7-5-12(6-8-13)10-14-9-11(2)3/h5-8,11,14H,4,9-10H2,1-3H3. The third-order valence-corrected chi connectivity index (χ3v) is 3.54. The second kappa shape index (κ2) is 6.75. The van der Waals surface area contributed by atoms with Gasteiger partial charge in [0.1, 0.15) is 5.75 Å². The first-order valence-corrected chi connectivity index (χ1v) is 7.72. The lowest BCUT2D eigenvalue weighted by molar-refractivity contribution is 0.487. The highest BCUT2D eigenvalue weighted by atomic mass is 32.2. The van der Waals surface area contributed by atoms with Gasteiger partial charge in [-0.2, -0.15) is 8.42 Å². The van der Waals surface area contributed by atoms with Crippen LogP contribution in [0, 0.1) is 5.92 Å². The molecule has 0 aromatic heterocycles. The Morgan fingerprint density at radius 3 is 2.33 bits per heavy atom. The lowest BCUT2D eigenvalue weighted by Crippen LogP contribution is -2.18. The van der Waals surface area contributed by atoms with Gasteiger partial charge in [0, 0.05) is 6.54 Å². The first-order valence-electron chi connectivity index (χ1n) is 6.14. The summed E-state index contributed by atoms with van der Waals surface area (Å²) >= 11 is 0. The smallest absolute Gasteiger partial charge is 0.308 e. The molecule has 0 amide bonds. The van der Waals surface area contributed by atoms with E-state index in [1.165, 1.54) is 0 Å². The fourth-order valence-electron chi connectivity index (χ4n) is 1.37. The van der Waals surface area contributed by atoms with E-state index in [1.54, 1.807) is 19.1 Å². The van der Waals surface area contributed by atoms with Crippen molar-refractivity contribution in [1.82, 2.24) is 5.32 Å². The van der Waals surface area contributed by atoms with Gasteiger partial charge in [0.15, 0.2) is 0 Å². The molecule has 0 aliphatic carbocycles. The summed E-state index contributed by atoms with van der Waals surface area (Å²) in [4.78, 5) is 0. The van der Waals surface area contributed by atoms with Gasteiger partial charge in [0.05, 0.1) is 5.75 Å². The van der Waals surface area contributed by atoms with Crippen molar-refractivity contribution in [3.05, 3.63) is 29.8 Å². The van der Waals surface area contributed by atoms with Gasteiger partial charge < -0.3 is 9.50 Å². The highest BCUT2D eigenvalue weighted by molar-refractivity contribution is 7.87. The van der Waals surface area contributed by atoms with Crippen LogP contribution in [0.15, 0.2) is 24.3 Å². The van der Waals surface area contributed by atoms with Crippen LogP contribution in [-0.4, -0.2) is 20.7 Å². The summed E-state index contributed by atoms with van der Waals surface area (Å²) < 4.78 is 27.4. The van der Waals surface area contributed by atoms with Crippen molar-refractivity contribution >= 4 is 10.1 Å². The number of hydrogen-bond acceptors (Lipinski definition) is 4. The van der Waals surface area contributed by atoms with Crippen LogP contribution in [0.5, 0.6) is 5.75 Å². The molecule has 0 heterocycles. The molecule has 1 aromatic carbocycles. The van der Waals surface area contributed by atoms with Crippen LogP contribution in [0.2, 0.25) is 0 Å². The number of benzene rings is 1. The Labute approximate surface area is 109 Å². The van der Waals surface area contributed by atoms with Crippen LogP contribution < -0.4 is 9.50 Å². The topological polar surface area (TPSA) is 55.4 Å². The van der Waals surface area contributed by atoms with Crippen LogP contribution in [0.3, 0.4) is 0 Å². The Kier molecular flexibility index (Phi) is 5.62. The highest BCUT2D eigenvalue weighted by Gasteiger charge is 2.08. The molecule has 1 rings (SSSR count). The zero-order chi connectivity index (χ0) is 13.6. The molecule has 0 unspecified atom stereocenters. The molecule has 0 aliphatic heterocycles. The second-order valence-corrected chi connectivity index (χ2v) is 6.46. The Balaban J connectivity index is 2.52. The van der Waals surface area contributed by atoms with Crippen LogP contribution >= 0.6 is 0 Å². The molecule has 0 radical (unpaired) electrons. The van der Waals surface area contributed by atoms with E-state index in [1.807, 2.05) is 12.1 Å². The molecule has 18 heavy (non-hydrogen) atoms. The summed E-state index contributed by atoms with van der Waals surface area (Å²) in [7, 11) is -3.43. The minimum absolute atomic E-state index is 0.0231. The van der Waals surface area contributed by atoms with E-state index in [-0.39, 0.29) is 5.75 Å². The van der Waals surface area contributed by atoms with E-state index in [0.717, 1.165) is 18.7 Å². The molecule has 0 saturated heterocycles. The number of hydrogen-bond donors (Lipinski definition) is 1. The molecular formula is C13H21NO3S. The average molecular weight is 271 g/mol. The van der Waals surface area contributed by atoms with E-state index < -0.39 is 10.1 Å². The van der Waals surface area contributed by atoms with Crippen LogP contribution in [0.4, 0.5) is 0 Å². The number of rotatable bonds is 7. The maximum Gasteiger partial charge on any atom is 0.308 e. The minimum Gasteiger partial charge on any atom is -0.382 e. The first-order chi connectivity index (χ1) is 8.43. The Hall–Kier alpha value is -1.07. The SMILES string of the molecule is CCS(=O)(=O)Oc1ccc(CNCC(C)C)cc1. The van der Waals surface area contributed by atoms with E-state index in [9.17, 15) is 8.42 Å². The zero-order valence-electron chi connectivity index (χ0n) is 11.1. The lowest BCUT2D eigenvalue weighted by Gasteiger charge is -2.08. The molecule has 4 nitrogen and oxygen atoms in total. The molecular weight excluding hydrogens is 250 g/mol. The molecule has 0 saturated carbocycles. The predicted octanol–water partition coefficient (Wildman–Crippen LogP) is 2.16. The van der Waals surface area contributed by atoms with Gasteiger partial charge >= 0.3 is 10.1 Å². The summed E-state index contributed by atoms with van der Waals surface area (Å²) in [5.41, 5.74) is 1.11. The monoisotopic (exact) mass is 271 g/mol. The largest absolute Gasteiger partial charge is 0.382 e. The van der Waals surface area contributed by atoms with Gasteiger partial charge in [-0.15, -0.1) is 0 Å². The van der Waals surface area contributed by atoms with E-state index >= 15 is 0 Å². The second-order valence-electron chi connectivity index (χ2n) is 4.60. The van der Waals surface area contributed by atoms with Crippen molar-refractivity contribution < 1.29 is 12.6 Å². The summed E-state index contributed by atoms with van der Waals surface area (Å²) in [6, 6.07) is 7.10. The van der Waals surface area contributed by atoms with Crippen molar-refractivity contribution in [2.75, 3.05) is 12.3 Å². The van der Waals surface area contributed by atoms with E-state index in [2.05, 4.69) is 19.2 Å². The highest BCUT2D eigenvalue weighted by Crippen LogP contribution is 2.14. The van der Waals surface area contributed by atoms with Gasteiger partial charge in [0.2, 0.25) is 0 Å². The molecule has 1 aromatic rings. The quantitative estimate of drug-likeness (QED) is 0.772. The van der Waals surface area contributed by atoms with E-state index in [0.29, 0.717) is 11.7 Å². The Morgan fingerprint density at radius 1 is 1.22 bits per heavy atom. The summed E-state index contributed by atoms with van der Waals surface area (Å²) in [5, 5.41) is 3.32. The first kappa shape index (κ1) is 15.0. The van der Waals surface area contributed by atoms with Crippen LogP contribution in [0.25, 0.3) is 0 Å². The van der Waals surface area contributed by atoms with Gasteiger partial charge in [0.25, 0.3) is 0 Å². The van der Waals surface area contributed by atoms with Gasteiger partial charge in [-0.25, -0.2) is 0 Å². The van der Waals surface area contributed by atoms with Gasteiger partial charge in [-0.1, -0.05) is 26.0 Å². The predicted molar refractivity (Wildman–Crippen MR) is 73.1 cm³/mol. The fourth-order valence-corrected chi connectivity index (χ4v) is 1.90. The van der Waals surface area contributed by atoms with Gasteiger partial charge in [-0.3, -0.25) is 0 Å². The molecule has 1 N–H and O–H groups in total. The summed E-state index contributed by atoms with van der Waals surface area (Å²) in [6.07, 6.45) is 0. The molecule has 0 spiro atoms. The van der Waals surface area contributed by atoms with Crippen molar-refractivity contribution in [3.63, 3.8) is 0 Å². The van der Waals surface area contributed by atoms with E-state index in [4.69, 9.17) is 4.18 Å². The van der Waals surface area contributed by atoms with Crippen molar-refractivity contribution in [2.45, 2.75) is 27.3 Å². The Bertz CT molecular complexity index is 452. The van der Waals surface area contributed by atoms with Crippen LogP contribution in [0.1, 0.15) is 26.3 Å². The normalized spacial score (nSPS) is 11.8. The zero-order valence-corrected chi connectivity index (χ0v) is 12.0. The molecule has 0 aliphatic rings. The van der Waals surface area contributed by atoms with Crippen molar-refractivity contribution in [2.24, 2.45) is 5.92 Å². The van der Waals surface area contributed by atoms with Gasteiger partial charge in [-0.05, 0) is 37.1 Å². The minimum atomic E-state index is -3.43. The maximum absolute atomic E-state index is 11.3. The van der Waals surface area contributed by atoms with Crippen LogP contribution in [-0.2, 0) is 16.7 Å². The summed E-state index contributed by atoms with van der Waals surface area (Å²) in [6.45, 7) is 7.60. The van der Waals surface area contributed by atoms with Crippen molar-refractivity contribution in [3.8, 4) is 5.75 Å². The Morgan fingerprint density at radius 2 is 1.83 bits per heavy atom. The summed E-state index contributed by atoms with van der Waals surface area (Å²) in [5.74, 6) is 0.955. The number of nitrogens with one attached hydrogen (secondary N) is 1. The fraction of sp³-hybridized carbons (Fsp3) is 0.538. The third-order valence-electron chi connectivity index (χ3n) is 2.38. The average Bonchev–Trinajstić information content (AvgIpc) is 2.31. The maximum atomic E-state index is 11.3.